The molecule has 0 spiro atoms. The minimum Gasteiger partial charge on any atom is -0.356 e. The fraction of sp³-hybridized carbons (Fsp3) is 0.917. The molecule has 1 aliphatic carbocycles. The Morgan fingerprint density at radius 2 is 1.94 bits per heavy atom. The van der Waals surface area contributed by atoms with Crippen LogP contribution in [0.1, 0.15) is 32.6 Å². The highest BCUT2D eigenvalue weighted by atomic mass is 19.4. The summed E-state index contributed by atoms with van der Waals surface area (Å²) in [5, 5.41) is 6.38. The van der Waals surface area contributed by atoms with Crippen molar-refractivity contribution in [2.75, 3.05) is 13.1 Å². The van der Waals surface area contributed by atoms with E-state index in [4.69, 9.17) is 0 Å². The minimum atomic E-state index is -4.01. The first-order valence-electron chi connectivity index (χ1n) is 6.56. The van der Waals surface area contributed by atoms with Gasteiger partial charge in [-0.15, -0.1) is 0 Å². The van der Waals surface area contributed by atoms with E-state index in [0.717, 1.165) is 19.0 Å². The van der Waals surface area contributed by atoms with E-state index < -0.39 is 12.1 Å². The highest BCUT2D eigenvalue weighted by Gasteiger charge is 2.41. The highest BCUT2D eigenvalue weighted by Crippen LogP contribution is 2.39. The lowest BCUT2D eigenvalue weighted by Crippen LogP contribution is -2.40. The molecule has 0 aromatic rings. The Labute approximate surface area is 105 Å². The zero-order valence-corrected chi connectivity index (χ0v) is 10.6. The Balaban J connectivity index is 1.68. The quantitative estimate of drug-likeness (QED) is 0.802. The Bertz CT molecular complexity index is 306. The van der Waals surface area contributed by atoms with Gasteiger partial charge in [0.25, 0.3) is 0 Å². The maximum Gasteiger partial charge on any atom is 0.391 e. The van der Waals surface area contributed by atoms with E-state index in [2.05, 4.69) is 15.6 Å². The lowest BCUT2D eigenvalue weighted by Gasteiger charge is -2.30. The van der Waals surface area contributed by atoms with Crippen LogP contribution in [0.5, 0.6) is 0 Å². The van der Waals surface area contributed by atoms with Crippen molar-refractivity contribution in [1.29, 1.82) is 0 Å². The lowest BCUT2D eigenvalue weighted by molar-refractivity contribution is -0.183. The largest absolute Gasteiger partial charge is 0.391 e. The van der Waals surface area contributed by atoms with Crippen molar-refractivity contribution in [3.8, 4) is 0 Å². The molecule has 1 fully saturated rings. The topological polar surface area (TPSA) is 36.4 Å². The van der Waals surface area contributed by atoms with Crippen molar-refractivity contribution in [1.82, 2.24) is 10.6 Å². The van der Waals surface area contributed by atoms with Gasteiger partial charge in [-0.05, 0) is 38.5 Å². The van der Waals surface area contributed by atoms with Gasteiger partial charge in [-0.1, -0.05) is 0 Å². The van der Waals surface area contributed by atoms with Gasteiger partial charge in [0.15, 0.2) is 5.96 Å². The number of halogens is 3. The molecule has 2 N–H and O–H groups in total. The van der Waals surface area contributed by atoms with Gasteiger partial charge in [-0.3, -0.25) is 4.99 Å². The molecule has 6 heteroatoms. The maximum atomic E-state index is 12.5. The molecule has 104 valence electrons. The van der Waals surface area contributed by atoms with Gasteiger partial charge in [0.1, 0.15) is 0 Å². The Hall–Kier alpha value is -0.940. The van der Waals surface area contributed by atoms with Crippen LogP contribution in [0.2, 0.25) is 0 Å². The monoisotopic (exact) mass is 263 g/mol. The molecule has 0 radical (unpaired) electrons. The van der Waals surface area contributed by atoms with Crippen molar-refractivity contribution >= 4 is 5.96 Å². The number of hydrogen-bond donors (Lipinski definition) is 2. The van der Waals surface area contributed by atoms with Crippen LogP contribution in [0.4, 0.5) is 13.2 Å². The van der Waals surface area contributed by atoms with Gasteiger partial charge >= 0.3 is 6.18 Å². The zero-order valence-electron chi connectivity index (χ0n) is 10.6. The van der Waals surface area contributed by atoms with Crippen LogP contribution in [0.25, 0.3) is 0 Å². The summed E-state index contributed by atoms with van der Waals surface area (Å²) in [6.45, 7) is 3.54. The summed E-state index contributed by atoms with van der Waals surface area (Å²) < 4.78 is 37.5. The normalized spacial score (nSPS) is 32.9. The summed E-state index contributed by atoms with van der Waals surface area (Å²) >= 11 is 0. The second kappa shape index (κ2) is 5.36. The SMILES string of the molecule is CC1CN=C(NCC2CCC(C(F)(F)F)CC2)N1. The van der Waals surface area contributed by atoms with E-state index in [9.17, 15) is 13.2 Å². The molecule has 1 unspecified atom stereocenters. The van der Waals surface area contributed by atoms with Crippen LogP contribution in [-0.4, -0.2) is 31.3 Å². The third kappa shape index (κ3) is 3.53. The van der Waals surface area contributed by atoms with E-state index >= 15 is 0 Å². The standard InChI is InChI=1S/C12H20F3N3/c1-8-6-16-11(18-8)17-7-9-2-4-10(5-3-9)12(13,14)15/h8-10H,2-7H2,1H3,(H2,16,17,18). The van der Waals surface area contributed by atoms with Gasteiger partial charge in [-0.25, -0.2) is 0 Å². The number of alkyl halides is 3. The number of guanidine groups is 1. The lowest BCUT2D eigenvalue weighted by atomic mass is 9.81. The van der Waals surface area contributed by atoms with Gasteiger partial charge < -0.3 is 10.6 Å². The third-order valence-electron chi connectivity index (χ3n) is 3.77. The molecule has 2 aliphatic rings. The van der Waals surface area contributed by atoms with Crippen molar-refractivity contribution < 1.29 is 13.2 Å². The van der Waals surface area contributed by atoms with Crippen LogP contribution < -0.4 is 10.6 Å². The third-order valence-corrected chi connectivity index (χ3v) is 3.77. The van der Waals surface area contributed by atoms with Gasteiger partial charge in [0.05, 0.1) is 12.5 Å². The number of aliphatic imine (C=N–C) groups is 1. The predicted octanol–water partition coefficient (Wildman–Crippen LogP) is 2.29. The molecule has 1 aliphatic heterocycles. The second-order valence-corrected chi connectivity index (χ2v) is 5.37. The Morgan fingerprint density at radius 3 is 2.44 bits per heavy atom. The molecule has 1 heterocycles. The summed E-state index contributed by atoms with van der Waals surface area (Å²) in [6, 6.07) is 0.355. The van der Waals surface area contributed by atoms with Crippen LogP contribution in [0, 0.1) is 11.8 Å². The van der Waals surface area contributed by atoms with E-state index in [1.54, 1.807) is 0 Å². The fourth-order valence-corrected chi connectivity index (χ4v) is 2.59. The molecule has 0 saturated heterocycles. The molecule has 0 amide bonds. The molecule has 3 nitrogen and oxygen atoms in total. The summed E-state index contributed by atoms with van der Waals surface area (Å²) in [6.07, 6.45) is -2.16. The molecule has 18 heavy (non-hydrogen) atoms. The zero-order chi connectivity index (χ0) is 13.2. The minimum absolute atomic E-state index is 0.270. The van der Waals surface area contributed by atoms with Crippen molar-refractivity contribution in [2.24, 2.45) is 16.8 Å². The molecule has 0 bridgehead atoms. The number of rotatable bonds is 2. The van der Waals surface area contributed by atoms with Gasteiger partial charge in [-0.2, -0.15) is 13.2 Å². The first kappa shape index (κ1) is 13.5. The van der Waals surface area contributed by atoms with Crippen LogP contribution in [-0.2, 0) is 0 Å². The number of nitrogens with zero attached hydrogens (tertiary/aromatic N) is 1. The van der Waals surface area contributed by atoms with E-state index in [-0.39, 0.29) is 12.8 Å². The Morgan fingerprint density at radius 1 is 1.28 bits per heavy atom. The molecular weight excluding hydrogens is 243 g/mol. The highest BCUT2D eigenvalue weighted by molar-refractivity contribution is 5.81. The summed E-state index contributed by atoms with van der Waals surface area (Å²) in [4.78, 5) is 4.27. The Kier molecular flexibility index (Phi) is 4.02. The van der Waals surface area contributed by atoms with Crippen molar-refractivity contribution in [3.63, 3.8) is 0 Å². The smallest absolute Gasteiger partial charge is 0.356 e. The van der Waals surface area contributed by atoms with Gasteiger partial charge in [0.2, 0.25) is 0 Å². The maximum absolute atomic E-state index is 12.5. The van der Waals surface area contributed by atoms with Crippen LogP contribution >= 0.6 is 0 Å². The summed E-state index contributed by atoms with van der Waals surface area (Å²) in [5.41, 5.74) is 0. The predicted molar refractivity (Wildman–Crippen MR) is 64.4 cm³/mol. The molecule has 0 aromatic heterocycles. The molecule has 1 saturated carbocycles. The average Bonchev–Trinajstić information content (AvgIpc) is 2.72. The molecule has 0 aromatic carbocycles. The van der Waals surface area contributed by atoms with E-state index in [1.165, 1.54) is 0 Å². The summed E-state index contributed by atoms with van der Waals surface area (Å²) in [7, 11) is 0. The first-order valence-corrected chi connectivity index (χ1v) is 6.56. The van der Waals surface area contributed by atoms with E-state index in [0.29, 0.717) is 24.8 Å². The van der Waals surface area contributed by atoms with Crippen molar-refractivity contribution in [2.45, 2.75) is 44.8 Å². The molecule has 1 atom stereocenters. The first-order chi connectivity index (χ1) is 8.45. The van der Waals surface area contributed by atoms with Crippen molar-refractivity contribution in [3.05, 3.63) is 0 Å². The van der Waals surface area contributed by atoms with Crippen LogP contribution in [0.15, 0.2) is 4.99 Å². The summed E-state index contributed by atoms with van der Waals surface area (Å²) in [5.74, 6) is 0.0418. The molecule has 2 rings (SSSR count). The van der Waals surface area contributed by atoms with E-state index in [1.807, 2.05) is 6.92 Å². The van der Waals surface area contributed by atoms with Gasteiger partial charge in [0, 0.05) is 12.6 Å². The average molecular weight is 263 g/mol. The number of hydrogen-bond acceptors (Lipinski definition) is 3. The number of nitrogens with one attached hydrogen (secondary N) is 2. The molecular formula is C12H20F3N3. The van der Waals surface area contributed by atoms with Crippen LogP contribution in [0.3, 0.4) is 0 Å². The second-order valence-electron chi connectivity index (χ2n) is 5.37. The fourth-order valence-electron chi connectivity index (χ4n) is 2.59.